The molecule has 1 rings (SSSR count). The van der Waals surface area contributed by atoms with Gasteiger partial charge in [-0.1, -0.05) is 20.3 Å². The molecule has 5 nitrogen and oxygen atoms in total. The molecule has 1 aliphatic rings. The van der Waals surface area contributed by atoms with Gasteiger partial charge < -0.3 is 15.5 Å². The van der Waals surface area contributed by atoms with E-state index in [2.05, 4.69) is 36.4 Å². The maximum atomic E-state index is 11.7. The molecule has 0 saturated heterocycles. The highest BCUT2D eigenvalue weighted by Crippen LogP contribution is 2.42. The number of carbonyl (C=O) groups excluding carboxylic acids is 1. The van der Waals surface area contributed by atoms with E-state index in [1.165, 1.54) is 25.7 Å². The summed E-state index contributed by atoms with van der Waals surface area (Å²) in [5, 5.41) is 6.82. The quantitative estimate of drug-likeness (QED) is 0.375. The molecule has 1 saturated carbocycles. The molecule has 0 heterocycles. The van der Waals surface area contributed by atoms with E-state index in [-0.39, 0.29) is 36.4 Å². The molecule has 0 radical (unpaired) electrons. The molecule has 0 bridgehead atoms. The summed E-state index contributed by atoms with van der Waals surface area (Å²) >= 11 is 0. The first-order valence-corrected chi connectivity index (χ1v) is 8.17. The van der Waals surface area contributed by atoms with Crippen LogP contribution in [0.3, 0.4) is 0 Å². The zero-order chi connectivity index (χ0) is 15.9. The molecule has 0 aromatic rings. The molecule has 1 amide bonds. The maximum Gasteiger partial charge on any atom is 0.243 e. The van der Waals surface area contributed by atoms with Crippen molar-refractivity contribution in [3.63, 3.8) is 0 Å². The lowest BCUT2D eigenvalue weighted by atomic mass is 9.67. The summed E-state index contributed by atoms with van der Waals surface area (Å²) in [5.74, 6) is 0.786. The van der Waals surface area contributed by atoms with Crippen LogP contribution < -0.4 is 10.6 Å². The van der Waals surface area contributed by atoms with E-state index in [1.54, 1.807) is 19.0 Å². The predicted octanol–water partition coefficient (Wildman–Crippen LogP) is 2.61. The average molecular weight is 424 g/mol. The van der Waals surface area contributed by atoms with Crippen molar-refractivity contribution in [1.29, 1.82) is 0 Å². The third-order valence-electron chi connectivity index (χ3n) is 4.66. The van der Waals surface area contributed by atoms with Crippen LogP contribution >= 0.6 is 24.0 Å². The summed E-state index contributed by atoms with van der Waals surface area (Å²) in [7, 11) is 3.51. The van der Waals surface area contributed by atoms with Crippen LogP contribution in [-0.4, -0.2) is 50.0 Å². The molecule has 1 aliphatic carbocycles. The summed E-state index contributed by atoms with van der Waals surface area (Å²) in [6.07, 6.45) is 6.15. The zero-order valence-corrected chi connectivity index (χ0v) is 17.1. The summed E-state index contributed by atoms with van der Waals surface area (Å²) in [6.45, 7) is 7.67. The first-order valence-electron chi connectivity index (χ1n) is 8.17. The number of hydrogen-bond donors (Lipinski definition) is 2. The summed E-state index contributed by atoms with van der Waals surface area (Å²) in [5.41, 5.74) is 0.434. The van der Waals surface area contributed by atoms with Crippen molar-refractivity contribution in [3.05, 3.63) is 0 Å². The van der Waals surface area contributed by atoms with Gasteiger partial charge in [-0.3, -0.25) is 4.79 Å². The molecule has 1 atom stereocenters. The Bertz CT molecular complexity index is 362. The Kier molecular flexibility index (Phi) is 10.0. The SMILES string of the molecule is CCC(C)NC(=NCC(=O)N(C)C)NCC1(CC)CCC1.I. The lowest BCUT2D eigenvalue weighted by molar-refractivity contribution is -0.127. The van der Waals surface area contributed by atoms with Crippen LogP contribution in [0.2, 0.25) is 0 Å². The molecular weight excluding hydrogens is 391 g/mol. The predicted molar refractivity (Wildman–Crippen MR) is 104 cm³/mol. The van der Waals surface area contributed by atoms with Crippen LogP contribution in [0.4, 0.5) is 0 Å². The lowest BCUT2D eigenvalue weighted by Gasteiger charge is -2.41. The van der Waals surface area contributed by atoms with Gasteiger partial charge in [-0.25, -0.2) is 4.99 Å². The Morgan fingerprint density at radius 2 is 1.95 bits per heavy atom. The number of rotatable bonds is 7. The van der Waals surface area contributed by atoms with Gasteiger partial charge in [0.05, 0.1) is 0 Å². The Balaban J connectivity index is 0.00000441. The van der Waals surface area contributed by atoms with Crippen molar-refractivity contribution in [2.75, 3.05) is 27.2 Å². The van der Waals surface area contributed by atoms with E-state index in [9.17, 15) is 4.79 Å². The topological polar surface area (TPSA) is 56.7 Å². The van der Waals surface area contributed by atoms with Crippen molar-refractivity contribution in [2.45, 2.75) is 58.9 Å². The summed E-state index contributed by atoms with van der Waals surface area (Å²) in [6, 6.07) is 0.352. The smallest absolute Gasteiger partial charge is 0.243 e. The lowest BCUT2D eigenvalue weighted by Crippen LogP contribution is -2.48. The second-order valence-electron chi connectivity index (χ2n) is 6.47. The van der Waals surface area contributed by atoms with Gasteiger partial charge in [0.25, 0.3) is 0 Å². The van der Waals surface area contributed by atoms with Crippen LogP contribution in [0.25, 0.3) is 0 Å². The summed E-state index contributed by atoms with van der Waals surface area (Å²) in [4.78, 5) is 17.7. The second-order valence-corrected chi connectivity index (χ2v) is 6.47. The minimum Gasteiger partial charge on any atom is -0.356 e. The molecule has 1 fully saturated rings. The van der Waals surface area contributed by atoms with Crippen LogP contribution in [0.5, 0.6) is 0 Å². The third kappa shape index (κ3) is 6.71. The number of nitrogens with one attached hydrogen (secondary N) is 2. The molecule has 0 aliphatic heterocycles. The van der Waals surface area contributed by atoms with Gasteiger partial charge in [0.15, 0.2) is 5.96 Å². The summed E-state index contributed by atoms with van der Waals surface area (Å²) < 4.78 is 0. The molecular formula is C16H33IN4O. The molecule has 0 spiro atoms. The van der Waals surface area contributed by atoms with Crippen LogP contribution in [0.1, 0.15) is 52.9 Å². The van der Waals surface area contributed by atoms with Crippen LogP contribution in [0.15, 0.2) is 4.99 Å². The Hall–Kier alpha value is -0.530. The van der Waals surface area contributed by atoms with Crippen molar-refractivity contribution < 1.29 is 4.79 Å². The number of aliphatic imine (C=N–C) groups is 1. The first-order chi connectivity index (χ1) is 9.92. The van der Waals surface area contributed by atoms with Gasteiger partial charge in [-0.2, -0.15) is 0 Å². The number of hydrogen-bond acceptors (Lipinski definition) is 2. The van der Waals surface area contributed by atoms with Crippen molar-refractivity contribution in [1.82, 2.24) is 15.5 Å². The number of halogens is 1. The normalized spacial score (nSPS) is 17.8. The zero-order valence-electron chi connectivity index (χ0n) is 14.7. The average Bonchev–Trinajstić information content (AvgIpc) is 2.42. The number of amides is 1. The molecule has 6 heteroatoms. The Morgan fingerprint density at radius 1 is 1.32 bits per heavy atom. The largest absolute Gasteiger partial charge is 0.356 e. The standard InChI is InChI=1S/C16H32N4O.HI/c1-6-13(3)19-15(17-11-14(21)20(4)5)18-12-16(7-2)9-8-10-16;/h13H,6-12H2,1-5H3,(H2,17,18,19);1H. The maximum absolute atomic E-state index is 11.7. The molecule has 0 aromatic heterocycles. The van der Waals surface area contributed by atoms with E-state index in [0.29, 0.717) is 11.5 Å². The Labute approximate surface area is 152 Å². The first kappa shape index (κ1) is 21.5. The third-order valence-corrected chi connectivity index (χ3v) is 4.66. The van der Waals surface area contributed by atoms with Crippen LogP contribution in [0, 0.1) is 5.41 Å². The van der Waals surface area contributed by atoms with E-state index in [4.69, 9.17) is 0 Å². The molecule has 130 valence electrons. The van der Waals surface area contributed by atoms with Gasteiger partial charge in [0.2, 0.25) is 5.91 Å². The number of likely N-dealkylation sites (N-methyl/N-ethyl adjacent to an activating group) is 1. The highest BCUT2D eigenvalue weighted by molar-refractivity contribution is 14.0. The highest BCUT2D eigenvalue weighted by atomic mass is 127. The minimum atomic E-state index is 0. The molecule has 1 unspecified atom stereocenters. The fourth-order valence-electron chi connectivity index (χ4n) is 2.38. The van der Waals surface area contributed by atoms with E-state index >= 15 is 0 Å². The molecule has 22 heavy (non-hydrogen) atoms. The highest BCUT2D eigenvalue weighted by Gasteiger charge is 2.34. The van der Waals surface area contributed by atoms with Crippen molar-refractivity contribution in [2.24, 2.45) is 10.4 Å². The van der Waals surface area contributed by atoms with Crippen LogP contribution in [-0.2, 0) is 4.79 Å². The van der Waals surface area contributed by atoms with E-state index < -0.39 is 0 Å². The fraction of sp³-hybridized carbons (Fsp3) is 0.875. The number of guanidine groups is 1. The van der Waals surface area contributed by atoms with Gasteiger partial charge in [-0.15, -0.1) is 24.0 Å². The number of carbonyl (C=O) groups is 1. The van der Waals surface area contributed by atoms with E-state index in [1.807, 2.05) is 0 Å². The van der Waals surface area contributed by atoms with Gasteiger partial charge in [0, 0.05) is 26.7 Å². The van der Waals surface area contributed by atoms with E-state index in [0.717, 1.165) is 18.9 Å². The molecule has 0 aromatic carbocycles. The van der Waals surface area contributed by atoms with Gasteiger partial charge in [-0.05, 0) is 38.0 Å². The second kappa shape index (κ2) is 10.3. The van der Waals surface area contributed by atoms with Crippen molar-refractivity contribution >= 4 is 35.8 Å². The minimum absolute atomic E-state index is 0. The molecule has 2 N–H and O–H groups in total. The monoisotopic (exact) mass is 424 g/mol. The van der Waals surface area contributed by atoms with Gasteiger partial charge in [0.1, 0.15) is 6.54 Å². The van der Waals surface area contributed by atoms with Crippen molar-refractivity contribution in [3.8, 4) is 0 Å². The Morgan fingerprint density at radius 3 is 2.36 bits per heavy atom. The fourth-order valence-corrected chi connectivity index (χ4v) is 2.38. The number of nitrogens with zero attached hydrogens (tertiary/aromatic N) is 2. The van der Waals surface area contributed by atoms with Gasteiger partial charge >= 0.3 is 0 Å².